The van der Waals surface area contributed by atoms with E-state index in [2.05, 4.69) is 20.8 Å². The molecule has 0 radical (unpaired) electrons. The molecule has 0 atom stereocenters. The van der Waals surface area contributed by atoms with Gasteiger partial charge in [-0.3, -0.25) is 14.4 Å². The molecule has 1 aliphatic rings. The van der Waals surface area contributed by atoms with Crippen LogP contribution in [0.4, 0.5) is 5.69 Å². The van der Waals surface area contributed by atoms with E-state index in [-0.39, 0.29) is 11.6 Å². The molecule has 3 aromatic rings. The summed E-state index contributed by atoms with van der Waals surface area (Å²) >= 11 is 1.57. The van der Waals surface area contributed by atoms with E-state index < -0.39 is 11.8 Å². The average Bonchev–Trinajstić information content (AvgIpc) is 2.97. The van der Waals surface area contributed by atoms with Gasteiger partial charge in [-0.2, -0.15) is 5.10 Å². The molecule has 11 heteroatoms. The van der Waals surface area contributed by atoms with Crippen molar-refractivity contribution in [3.05, 3.63) is 83.6 Å². The van der Waals surface area contributed by atoms with Crippen LogP contribution < -0.4 is 15.5 Å². The Morgan fingerprint density at radius 1 is 1.08 bits per heavy atom. The maximum atomic E-state index is 12.9. The maximum absolute atomic E-state index is 12.9. The fourth-order valence-electron chi connectivity index (χ4n) is 3.69. The number of nitrogens with one attached hydrogen (secondary N) is 2. The predicted molar refractivity (Wildman–Crippen MR) is 144 cm³/mol. The molecule has 0 spiro atoms. The Morgan fingerprint density at radius 3 is 2.63 bits per heavy atom. The quantitative estimate of drug-likeness (QED) is 0.198. The van der Waals surface area contributed by atoms with Gasteiger partial charge in [0.25, 0.3) is 5.91 Å². The van der Waals surface area contributed by atoms with Crippen molar-refractivity contribution < 1.29 is 23.9 Å². The molecule has 2 heterocycles. The molecule has 3 amide bonds. The molecule has 1 aromatic heterocycles. The first kappa shape index (κ1) is 26.8. The van der Waals surface area contributed by atoms with Crippen LogP contribution >= 0.6 is 11.8 Å². The largest absolute Gasteiger partial charge is 0.496 e. The number of carbonyl (C=O) groups excluding carboxylic acids is 3. The lowest BCUT2D eigenvalue weighted by molar-refractivity contribution is -0.136. The third kappa shape index (κ3) is 7.17. The van der Waals surface area contributed by atoms with Crippen LogP contribution in [0.5, 0.6) is 5.75 Å². The van der Waals surface area contributed by atoms with Crippen LogP contribution in [0.25, 0.3) is 0 Å². The number of thioether (sulfide) groups is 1. The van der Waals surface area contributed by atoms with Crippen molar-refractivity contribution in [2.24, 2.45) is 5.10 Å². The van der Waals surface area contributed by atoms with E-state index in [1.165, 1.54) is 6.21 Å². The van der Waals surface area contributed by atoms with E-state index >= 15 is 0 Å². The van der Waals surface area contributed by atoms with E-state index in [0.29, 0.717) is 43.2 Å². The number of aromatic nitrogens is 1. The molecule has 1 fully saturated rings. The number of benzene rings is 2. The molecular formula is C27H27N5O5S. The summed E-state index contributed by atoms with van der Waals surface area (Å²) < 4.78 is 10.7. The Bertz CT molecular complexity index is 1310. The van der Waals surface area contributed by atoms with Crippen LogP contribution in [0, 0.1) is 0 Å². The van der Waals surface area contributed by atoms with Crippen molar-refractivity contribution in [2.75, 3.05) is 38.7 Å². The second kappa shape index (κ2) is 13.4. The van der Waals surface area contributed by atoms with E-state index in [1.807, 2.05) is 30.3 Å². The normalized spacial score (nSPS) is 13.2. The number of para-hydroxylation sites is 1. The average molecular weight is 534 g/mol. The molecule has 2 N–H and O–H groups in total. The molecule has 1 saturated heterocycles. The molecule has 0 aliphatic carbocycles. The van der Waals surface area contributed by atoms with Gasteiger partial charge in [-0.05, 0) is 48.0 Å². The van der Waals surface area contributed by atoms with Crippen molar-refractivity contribution in [2.45, 2.75) is 10.8 Å². The zero-order valence-electron chi connectivity index (χ0n) is 20.8. The van der Waals surface area contributed by atoms with Crippen molar-refractivity contribution in [1.29, 1.82) is 0 Å². The zero-order chi connectivity index (χ0) is 26.7. The topological polar surface area (TPSA) is 122 Å². The van der Waals surface area contributed by atoms with Crippen molar-refractivity contribution in [3.8, 4) is 5.75 Å². The van der Waals surface area contributed by atoms with Crippen LogP contribution in [-0.2, 0) is 20.1 Å². The van der Waals surface area contributed by atoms with Gasteiger partial charge in [0.2, 0.25) is 0 Å². The Kier molecular flexibility index (Phi) is 9.43. The SMILES string of the molecule is COc1ccc(C=NNC(=O)C(=O)Nc2ccccc2C(=O)N2CCOCC2)cc1CSc1ccccn1. The van der Waals surface area contributed by atoms with Gasteiger partial charge < -0.3 is 19.7 Å². The summed E-state index contributed by atoms with van der Waals surface area (Å²) in [6, 6.07) is 17.8. The minimum absolute atomic E-state index is 0.237. The van der Waals surface area contributed by atoms with Gasteiger partial charge in [-0.1, -0.05) is 18.2 Å². The van der Waals surface area contributed by atoms with Crippen molar-refractivity contribution >= 4 is 41.4 Å². The Hall–Kier alpha value is -4.22. The minimum Gasteiger partial charge on any atom is -0.496 e. The summed E-state index contributed by atoms with van der Waals surface area (Å²) in [5.74, 6) is -0.793. The summed E-state index contributed by atoms with van der Waals surface area (Å²) in [5.41, 5.74) is 4.42. The first-order valence-electron chi connectivity index (χ1n) is 11.9. The third-order valence-corrected chi connectivity index (χ3v) is 6.60. The van der Waals surface area contributed by atoms with Crippen LogP contribution in [0.3, 0.4) is 0 Å². The van der Waals surface area contributed by atoms with Gasteiger partial charge in [0, 0.05) is 30.6 Å². The molecule has 4 rings (SSSR count). The fourth-order valence-corrected chi connectivity index (χ4v) is 4.53. The lowest BCUT2D eigenvalue weighted by Gasteiger charge is -2.27. The number of methoxy groups -OCH3 is 1. The number of morpholine rings is 1. The van der Waals surface area contributed by atoms with Gasteiger partial charge in [0.15, 0.2) is 0 Å². The van der Waals surface area contributed by atoms with Crippen LogP contribution in [0.2, 0.25) is 0 Å². The zero-order valence-corrected chi connectivity index (χ0v) is 21.6. The van der Waals surface area contributed by atoms with Crippen molar-refractivity contribution in [3.63, 3.8) is 0 Å². The number of pyridine rings is 1. The number of hydrogen-bond donors (Lipinski definition) is 2. The molecule has 10 nitrogen and oxygen atoms in total. The maximum Gasteiger partial charge on any atom is 0.329 e. The Balaban J connectivity index is 1.36. The predicted octanol–water partition coefficient (Wildman–Crippen LogP) is 2.94. The molecule has 38 heavy (non-hydrogen) atoms. The molecule has 0 unspecified atom stereocenters. The molecule has 1 aliphatic heterocycles. The Morgan fingerprint density at radius 2 is 1.87 bits per heavy atom. The number of ether oxygens (including phenoxy) is 2. The lowest BCUT2D eigenvalue weighted by Crippen LogP contribution is -2.41. The van der Waals surface area contributed by atoms with Crippen LogP contribution in [0.15, 0.2) is 77.0 Å². The summed E-state index contributed by atoms with van der Waals surface area (Å²) in [5, 5.41) is 7.31. The summed E-state index contributed by atoms with van der Waals surface area (Å²) in [6.07, 6.45) is 3.18. The summed E-state index contributed by atoms with van der Waals surface area (Å²) in [6.45, 7) is 1.84. The minimum atomic E-state index is -0.964. The van der Waals surface area contributed by atoms with Crippen molar-refractivity contribution in [1.82, 2.24) is 15.3 Å². The number of amides is 3. The van der Waals surface area contributed by atoms with E-state index in [9.17, 15) is 14.4 Å². The van der Waals surface area contributed by atoms with Gasteiger partial charge in [-0.25, -0.2) is 10.4 Å². The lowest BCUT2D eigenvalue weighted by atomic mass is 10.1. The van der Waals surface area contributed by atoms with Crippen LogP contribution in [0.1, 0.15) is 21.5 Å². The number of nitrogens with zero attached hydrogens (tertiary/aromatic N) is 3. The fraction of sp³-hybridized carbons (Fsp3) is 0.222. The second-order valence-corrected chi connectivity index (χ2v) is 9.13. The smallest absolute Gasteiger partial charge is 0.329 e. The molecule has 0 saturated carbocycles. The molecular weight excluding hydrogens is 506 g/mol. The standard InChI is InChI=1S/C27H27N5O5S/c1-36-23-10-9-19(16-20(23)18-38-24-8-4-5-11-28-24)17-29-31-26(34)25(33)30-22-7-3-2-6-21(22)27(35)32-12-14-37-15-13-32/h2-11,16-17H,12-15,18H2,1H3,(H,30,33)(H,31,34). The summed E-state index contributed by atoms with van der Waals surface area (Å²) in [7, 11) is 1.60. The van der Waals surface area contributed by atoms with Gasteiger partial charge >= 0.3 is 11.8 Å². The Labute approximate surface area is 224 Å². The van der Waals surface area contributed by atoms with E-state index in [1.54, 1.807) is 60.3 Å². The molecule has 2 aromatic carbocycles. The highest BCUT2D eigenvalue weighted by molar-refractivity contribution is 7.98. The number of hydrogen-bond acceptors (Lipinski definition) is 8. The monoisotopic (exact) mass is 533 g/mol. The van der Waals surface area contributed by atoms with Gasteiger partial charge in [-0.15, -0.1) is 11.8 Å². The number of anilines is 1. The first-order valence-corrected chi connectivity index (χ1v) is 12.8. The van der Waals surface area contributed by atoms with Gasteiger partial charge in [0.05, 0.1) is 42.8 Å². The molecule has 196 valence electrons. The number of rotatable bonds is 8. The highest BCUT2D eigenvalue weighted by Crippen LogP contribution is 2.27. The highest BCUT2D eigenvalue weighted by atomic mass is 32.2. The van der Waals surface area contributed by atoms with E-state index in [4.69, 9.17) is 9.47 Å². The second-order valence-electron chi connectivity index (χ2n) is 8.13. The number of hydrazone groups is 1. The summed E-state index contributed by atoms with van der Waals surface area (Å²) in [4.78, 5) is 43.7. The third-order valence-electron chi connectivity index (χ3n) is 5.61. The van der Waals surface area contributed by atoms with E-state index in [0.717, 1.165) is 16.3 Å². The van der Waals surface area contributed by atoms with Crippen LogP contribution in [-0.4, -0.2) is 67.2 Å². The molecule has 0 bridgehead atoms. The first-order chi connectivity index (χ1) is 18.5. The number of carbonyl (C=O) groups is 3. The highest BCUT2D eigenvalue weighted by Gasteiger charge is 2.23. The van der Waals surface area contributed by atoms with Gasteiger partial charge in [0.1, 0.15) is 5.75 Å².